The number of rotatable bonds is 6. The SMILES string of the molecule is CCC(CC)CNc1nc(C)cn1C1CCCC1. The molecule has 0 saturated heterocycles. The summed E-state index contributed by atoms with van der Waals surface area (Å²) in [5, 5.41) is 3.56. The summed E-state index contributed by atoms with van der Waals surface area (Å²) in [5.74, 6) is 1.85. The van der Waals surface area contributed by atoms with Crippen molar-refractivity contribution in [3.63, 3.8) is 0 Å². The van der Waals surface area contributed by atoms with Crippen LogP contribution in [0.5, 0.6) is 0 Å². The van der Waals surface area contributed by atoms with E-state index in [1.165, 1.54) is 38.5 Å². The molecule has 1 aromatic heterocycles. The van der Waals surface area contributed by atoms with Crippen LogP contribution in [0.25, 0.3) is 0 Å². The normalized spacial score (nSPS) is 16.7. The maximum Gasteiger partial charge on any atom is 0.203 e. The Hall–Kier alpha value is -0.990. The maximum atomic E-state index is 4.65. The topological polar surface area (TPSA) is 29.9 Å². The van der Waals surface area contributed by atoms with Crippen LogP contribution in [-0.4, -0.2) is 16.1 Å². The fourth-order valence-electron chi connectivity index (χ4n) is 2.92. The van der Waals surface area contributed by atoms with Crippen molar-refractivity contribution in [1.82, 2.24) is 9.55 Å². The van der Waals surface area contributed by atoms with Crippen molar-refractivity contribution in [2.45, 2.75) is 65.3 Å². The van der Waals surface area contributed by atoms with Crippen LogP contribution in [0.1, 0.15) is 64.1 Å². The maximum absolute atomic E-state index is 4.65. The molecule has 0 aromatic carbocycles. The second-order valence-corrected chi connectivity index (χ2v) is 5.61. The molecule has 18 heavy (non-hydrogen) atoms. The van der Waals surface area contributed by atoms with Gasteiger partial charge < -0.3 is 9.88 Å². The van der Waals surface area contributed by atoms with Gasteiger partial charge in [-0.05, 0) is 25.7 Å². The highest BCUT2D eigenvalue weighted by atomic mass is 15.2. The van der Waals surface area contributed by atoms with Crippen molar-refractivity contribution in [3.8, 4) is 0 Å². The second kappa shape index (κ2) is 6.26. The molecule has 3 heteroatoms. The molecule has 1 aromatic rings. The average molecular weight is 249 g/mol. The zero-order chi connectivity index (χ0) is 13.0. The minimum absolute atomic E-state index is 0.676. The Morgan fingerprint density at radius 3 is 2.61 bits per heavy atom. The van der Waals surface area contributed by atoms with Crippen LogP contribution < -0.4 is 5.32 Å². The van der Waals surface area contributed by atoms with E-state index in [1.807, 2.05) is 0 Å². The molecule has 0 amide bonds. The highest BCUT2D eigenvalue weighted by molar-refractivity contribution is 5.29. The molecule has 0 radical (unpaired) electrons. The largest absolute Gasteiger partial charge is 0.355 e. The third kappa shape index (κ3) is 3.06. The van der Waals surface area contributed by atoms with Crippen LogP contribution in [-0.2, 0) is 0 Å². The average Bonchev–Trinajstić information content (AvgIpc) is 2.99. The van der Waals surface area contributed by atoms with Crippen molar-refractivity contribution < 1.29 is 0 Å². The Balaban J connectivity index is 2.02. The molecule has 1 aliphatic rings. The number of aryl methyl sites for hydroxylation is 1. The van der Waals surface area contributed by atoms with E-state index >= 15 is 0 Å². The standard InChI is InChI=1S/C15H27N3/c1-4-13(5-2)10-16-15-17-12(3)11-18(15)14-8-6-7-9-14/h11,13-14H,4-10H2,1-3H3,(H,16,17). The Labute approximate surface area is 111 Å². The Morgan fingerprint density at radius 1 is 1.33 bits per heavy atom. The molecule has 1 heterocycles. The third-order valence-corrected chi connectivity index (χ3v) is 4.27. The first-order valence-electron chi connectivity index (χ1n) is 7.53. The van der Waals surface area contributed by atoms with Gasteiger partial charge in [0.2, 0.25) is 5.95 Å². The zero-order valence-corrected chi connectivity index (χ0v) is 12.1. The number of anilines is 1. The first kappa shape index (κ1) is 13.4. The minimum Gasteiger partial charge on any atom is -0.355 e. The molecule has 2 rings (SSSR count). The Bertz CT molecular complexity index is 360. The van der Waals surface area contributed by atoms with Gasteiger partial charge in [-0.2, -0.15) is 0 Å². The lowest BCUT2D eigenvalue weighted by atomic mass is 10.0. The summed E-state index contributed by atoms with van der Waals surface area (Å²) in [6, 6.07) is 0.676. The number of nitrogens with one attached hydrogen (secondary N) is 1. The van der Waals surface area contributed by atoms with E-state index in [9.17, 15) is 0 Å². The van der Waals surface area contributed by atoms with E-state index in [1.54, 1.807) is 0 Å². The van der Waals surface area contributed by atoms with Crippen LogP contribution in [0, 0.1) is 12.8 Å². The molecule has 0 bridgehead atoms. The smallest absolute Gasteiger partial charge is 0.203 e. The molecule has 1 aliphatic carbocycles. The second-order valence-electron chi connectivity index (χ2n) is 5.61. The molecular formula is C15H27N3. The number of hydrogen-bond acceptors (Lipinski definition) is 2. The van der Waals surface area contributed by atoms with Crippen LogP contribution in [0.3, 0.4) is 0 Å². The summed E-state index contributed by atoms with van der Waals surface area (Å²) < 4.78 is 2.38. The summed E-state index contributed by atoms with van der Waals surface area (Å²) >= 11 is 0. The van der Waals surface area contributed by atoms with Gasteiger partial charge in [0.1, 0.15) is 0 Å². The zero-order valence-electron chi connectivity index (χ0n) is 12.1. The summed E-state index contributed by atoms with van der Waals surface area (Å²) in [6.45, 7) is 7.68. The molecule has 0 aliphatic heterocycles. The van der Waals surface area contributed by atoms with Crippen LogP contribution in [0.15, 0.2) is 6.20 Å². The molecule has 1 fully saturated rings. The lowest BCUT2D eigenvalue weighted by molar-refractivity contribution is 0.500. The molecule has 3 nitrogen and oxygen atoms in total. The van der Waals surface area contributed by atoms with E-state index in [-0.39, 0.29) is 0 Å². The van der Waals surface area contributed by atoms with Gasteiger partial charge in [0.25, 0.3) is 0 Å². The summed E-state index contributed by atoms with van der Waals surface area (Å²) in [6.07, 6.45) is 10.1. The molecule has 1 N–H and O–H groups in total. The van der Waals surface area contributed by atoms with Gasteiger partial charge in [-0.25, -0.2) is 4.98 Å². The third-order valence-electron chi connectivity index (χ3n) is 4.27. The van der Waals surface area contributed by atoms with Crippen LogP contribution >= 0.6 is 0 Å². The molecule has 0 unspecified atom stereocenters. The first-order valence-corrected chi connectivity index (χ1v) is 7.53. The fourth-order valence-corrected chi connectivity index (χ4v) is 2.92. The summed E-state index contributed by atoms with van der Waals surface area (Å²) in [7, 11) is 0. The molecule has 1 saturated carbocycles. The lowest BCUT2D eigenvalue weighted by Gasteiger charge is -2.18. The van der Waals surface area contributed by atoms with Gasteiger partial charge in [0, 0.05) is 18.8 Å². The van der Waals surface area contributed by atoms with Gasteiger partial charge >= 0.3 is 0 Å². The van der Waals surface area contributed by atoms with Gasteiger partial charge in [-0.15, -0.1) is 0 Å². The lowest BCUT2D eigenvalue weighted by Crippen LogP contribution is -2.17. The number of aromatic nitrogens is 2. The van der Waals surface area contributed by atoms with Gasteiger partial charge in [0.05, 0.1) is 5.69 Å². The van der Waals surface area contributed by atoms with Crippen molar-refractivity contribution in [2.24, 2.45) is 5.92 Å². The Morgan fingerprint density at radius 2 is 2.00 bits per heavy atom. The van der Waals surface area contributed by atoms with E-state index in [0.717, 1.165) is 24.1 Å². The van der Waals surface area contributed by atoms with E-state index in [2.05, 4.69) is 41.8 Å². The highest BCUT2D eigenvalue weighted by Crippen LogP contribution is 2.32. The van der Waals surface area contributed by atoms with Gasteiger partial charge in [-0.1, -0.05) is 39.5 Å². The molecule has 0 atom stereocenters. The summed E-state index contributed by atoms with van der Waals surface area (Å²) in [4.78, 5) is 4.65. The fraction of sp³-hybridized carbons (Fsp3) is 0.800. The van der Waals surface area contributed by atoms with Crippen molar-refractivity contribution in [3.05, 3.63) is 11.9 Å². The van der Waals surface area contributed by atoms with Gasteiger partial charge in [0.15, 0.2) is 0 Å². The molecule has 102 valence electrons. The molecular weight excluding hydrogens is 222 g/mol. The number of imidazole rings is 1. The first-order chi connectivity index (χ1) is 8.74. The van der Waals surface area contributed by atoms with Gasteiger partial charge in [-0.3, -0.25) is 0 Å². The van der Waals surface area contributed by atoms with Crippen molar-refractivity contribution >= 4 is 5.95 Å². The quantitative estimate of drug-likeness (QED) is 0.820. The molecule has 0 spiro atoms. The Kier molecular flexibility index (Phi) is 4.67. The van der Waals surface area contributed by atoms with E-state index in [4.69, 9.17) is 0 Å². The highest BCUT2D eigenvalue weighted by Gasteiger charge is 2.20. The predicted molar refractivity (Wildman–Crippen MR) is 77.0 cm³/mol. The van der Waals surface area contributed by atoms with Crippen molar-refractivity contribution in [2.75, 3.05) is 11.9 Å². The van der Waals surface area contributed by atoms with E-state index < -0.39 is 0 Å². The van der Waals surface area contributed by atoms with Crippen molar-refractivity contribution in [1.29, 1.82) is 0 Å². The van der Waals surface area contributed by atoms with E-state index in [0.29, 0.717) is 6.04 Å². The van der Waals surface area contributed by atoms with Crippen LogP contribution in [0.2, 0.25) is 0 Å². The minimum atomic E-state index is 0.676. The number of hydrogen-bond donors (Lipinski definition) is 1. The summed E-state index contributed by atoms with van der Waals surface area (Å²) in [5.41, 5.74) is 1.13. The predicted octanol–water partition coefficient (Wildman–Crippen LogP) is 4.15. The number of nitrogens with zero attached hydrogens (tertiary/aromatic N) is 2. The monoisotopic (exact) mass is 249 g/mol. The van der Waals surface area contributed by atoms with Crippen LogP contribution in [0.4, 0.5) is 5.95 Å².